The second-order valence-electron chi connectivity index (χ2n) is 5.52. The summed E-state index contributed by atoms with van der Waals surface area (Å²) in [6.45, 7) is 13.0. The molecule has 14 heavy (non-hydrogen) atoms. The molecule has 0 bridgehead atoms. The first-order valence-corrected chi connectivity index (χ1v) is 5.51. The molecule has 0 rings (SSSR count). The minimum Gasteiger partial charge on any atom is -0.390 e. The van der Waals surface area contributed by atoms with Crippen LogP contribution in [0.25, 0.3) is 0 Å². The Morgan fingerprint density at radius 2 is 1.64 bits per heavy atom. The highest BCUT2D eigenvalue weighted by Crippen LogP contribution is 2.21. The standard InChI is InChI=1S/C12H26O2/c1-10(2)12(5,6)14-9-7-8-11(3,4)13/h10,13H,7-9H2,1-6H3. The largest absolute Gasteiger partial charge is 0.390 e. The lowest BCUT2D eigenvalue weighted by atomic mass is 9.94. The van der Waals surface area contributed by atoms with Crippen molar-refractivity contribution in [2.45, 2.75) is 65.6 Å². The van der Waals surface area contributed by atoms with E-state index in [9.17, 15) is 5.11 Å². The summed E-state index contributed by atoms with van der Waals surface area (Å²) < 4.78 is 5.78. The number of rotatable bonds is 6. The summed E-state index contributed by atoms with van der Waals surface area (Å²) >= 11 is 0. The van der Waals surface area contributed by atoms with Crippen LogP contribution in [0.15, 0.2) is 0 Å². The number of aliphatic hydroxyl groups is 1. The lowest BCUT2D eigenvalue weighted by Gasteiger charge is -2.30. The fraction of sp³-hybridized carbons (Fsp3) is 1.00. The predicted molar refractivity (Wildman–Crippen MR) is 60.4 cm³/mol. The zero-order valence-corrected chi connectivity index (χ0v) is 10.6. The minimum absolute atomic E-state index is 0.0560. The molecule has 0 aliphatic carbocycles. The van der Waals surface area contributed by atoms with Crippen LogP contribution in [0.1, 0.15) is 54.4 Å². The fourth-order valence-electron chi connectivity index (χ4n) is 1.01. The van der Waals surface area contributed by atoms with Crippen LogP contribution in [0.2, 0.25) is 0 Å². The van der Waals surface area contributed by atoms with E-state index >= 15 is 0 Å². The third-order valence-electron chi connectivity index (χ3n) is 2.80. The van der Waals surface area contributed by atoms with Gasteiger partial charge in [0.2, 0.25) is 0 Å². The summed E-state index contributed by atoms with van der Waals surface area (Å²) in [6.07, 6.45) is 1.71. The molecule has 2 heteroatoms. The third-order valence-corrected chi connectivity index (χ3v) is 2.80. The van der Waals surface area contributed by atoms with E-state index in [1.54, 1.807) is 0 Å². The summed E-state index contributed by atoms with van der Waals surface area (Å²) in [5.74, 6) is 0.518. The van der Waals surface area contributed by atoms with Gasteiger partial charge in [0.25, 0.3) is 0 Å². The second-order valence-corrected chi connectivity index (χ2v) is 5.52. The predicted octanol–water partition coefficient (Wildman–Crippen LogP) is 2.99. The molecule has 0 amide bonds. The van der Waals surface area contributed by atoms with Crippen LogP contribution >= 0.6 is 0 Å². The highest BCUT2D eigenvalue weighted by molar-refractivity contribution is 4.73. The van der Waals surface area contributed by atoms with Crippen LogP contribution in [-0.2, 0) is 4.74 Å². The van der Waals surface area contributed by atoms with Crippen LogP contribution in [0.4, 0.5) is 0 Å². The molecule has 0 heterocycles. The summed E-state index contributed by atoms with van der Waals surface area (Å²) in [7, 11) is 0. The maximum absolute atomic E-state index is 9.50. The lowest BCUT2D eigenvalue weighted by molar-refractivity contribution is -0.0569. The van der Waals surface area contributed by atoms with Crippen molar-refractivity contribution < 1.29 is 9.84 Å². The van der Waals surface area contributed by atoms with Gasteiger partial charge in [0.05, 0.1) is 11.2 Å². The molecule has 1 N–H and O–H groups in total. The van der Waals surface area contributed by atoms with Gasteiger partial charge in [-0.2, -0.15) is 0 Å². The number of ether oxygens (including phenoxy) is 1. The summed E-state index contributed by atoms with van der Waals surface area (Å²) in [6, 6.07) is 0. The van der Waals surface area contributed by atoms with Gasteiger partial charge in [0, 0.05) is 6.61 Å². The Hall–Kier alpha value is -0.0800. The van der Waals surface area contributed by atoms with Gasteiger partial charge in [0.15, 0.2) is 0 Å². The normalized spacial score (nSPS) is 13.7. The van der Waals surface area contributed by atoms with Crippen LogP contribution in [-0.4, -0.2) is 22.9 Å². The first kappa shape index (κ1) is 13.9. The first-order chi connectivity index (χ1) is 6.15. The molecular formula is C12H26O2. The molecular weight excluding hydrogens is 176 g/mol. The third kappa shape index (κ3) is 6.39. The highest BCUT2D eigenvalue weighted by Gasteiger charge is 2.22. The number of hydrogen-bond acceptors (Lipinski definition) is 2. The van der Waals surface area contributed by atoms with Gasteiger partial charge in [-0.15, -0.1) is 0 Å². The van der Waals surface area contributed by atoms with Gasteiger partial charge < -0.3 is 9.84 Å². The van der Waals surface area contributed by atoms with Crippen molar-refractivity contribution in [3.63, 3.8) is 0 Å². The molecule has 0 aromatic carbocycles. The molecule has 0 radical (unpaired) electrons. The van der Waals surface area contributed by atoms with Crippen LogP contribution in [0.3, 0.4) is 0 Å². The van der Waals surface area contributed by atoms with E-state index < -0.39 is 5.60 Å². The Morgan fingerprint density at radius 3 is 2.00 bits per heavy atom. The van der Waals surface area contributed by atoms with Gasteiger partial charge in [0.1, 0.15) is 0 Å². The van der Waals surface area contributed by atoms with Crippen molar-refractivity contribution in [3.05, 3.63) is 0 Å². The molecule has 0 unspecified atom stereocenters. The summed E-state index contributed by atoms with van der Waals surface area (Å²) in [5, 5.41) is 9.50. The SMILES string of the molecule is CC(C)C(C)(C)OCCCC(C)(C)O. The molecule has 0 aliphatic rings. The summed E-state index contributed by atoms with van der Waals surface area (Å²) in [5.41, 5.74) is -0.620. The molecule has 0 spiro atoms. The quantitative estimate of drug-likeness (QED) is 0.671. The van der Waals surface area contributed by atoms with Crippen molar-refractivity contribution >= 4 is 0 Å². The van der Waals surface area contributed by atoms with Crippen molar-refractivity contribution in [3.8, 4) is 0 Å². The van der Waals surface area contributed by atoms with E-state index in [1.165, 1.54) is 0 Å². The average molecular weight is 202 g/mol. The maximum Gasteiger partial charge on any atom is 0.0649 e. The molecule has 0 aromatic rings. The van der Waals surface area contributed by atoms with Crippen molar-refractivity contribution in [1.82, 2.24) is 0 Å². The Bertz CT molecular complexity index is 154. The molecule has 0 saturated carbocycles. The van der Waals surface area contributed by atoms with E-state index in [1.807, 2.05) is 13.8 Å². The van der Waals surface area contributed by atoms with Crippen molar-refractivity contribution in [2.75, 3.05) is 6.61 Å². The highest BCUT2D eigenvalue weighted by atomic mass is 16.5. The Balaban J connectivity index is 3.65. The Labute approximate surface area is 88.7 Å². The van der Waals surface area contributed by atoms with Gasteiger partial charge >= 0.3 is 0 Å². The topological polar surface area (TPSA) is 29.5 Å². The molecule has 0 fully saturated rings. The Morgan fingerprint density at radius 1 is 1.14 bits per heavy atom. The van der Waals surface area contributed by atoms with Crippen molar-refractivity contribution in [2.24, 2.45) is 5.92 Å². The molecule has 0 aromatic heterocycles. The Kier molecular flexibility index (Phi) is 5.10. The monoisotopic (exact) mass is 202 g/mol. The van der Waals surface area contributed by atoms with E-state index in [0.717, 1.165) is 19.4 Å². The van der Waals surface area contributed by atoms with Gasteiger partial charge in [-0.3, -0.25) is 0 Å². The molecule has 0 atom stereocenters. The minimum atomic E-state index is -0.564. The molecule has 2 nitrogen and oxygen atoms in total. The fourth-order valence-corrected chi connectivity index (χ4v) is 1.01. The van der Waals surface area contributed by atoms with Crippen LogP contribution in [0, 0.1) is 5.92 Å². The van der Waals surface area contributed by atoms with Crippen molar-refractivity contribution in [1.29, 1.82) is 0 Å². The molecule has 0 saturated heterocycles. The van der Waals surface area contributed by atoms with Gasteiger partial charge in [-0.1, -0.05) is 13.8 Å². The van der Waals surface area contributed by atoms with Gasteiger partial charge in [-0.05, 0) is 46.5 Å². The summed E-state index contributed by atoms with van der Waals surface area (Å²) in [4.78, 5) is 0. The lowest BCUT2D eigenvalue weighted by Crippen LogP contribution is -2.31. The number of hydrogen-bond donors (Lipinski definition) is 1. The van der Waals surface area contributed by atoms with Crippen LogP contribution in [0.5, 0.6) is 0 Å². The van der Waals surface area contributed by atoms with Crippen LogP contribution < -0.4 is 0 Å². The molecule has 0 aliphatic heterocycles. The average Bonchev–Trinajstić information content (AvgIpc) is 1.96. The van der Waals surface area contributed by atoms with E-state index in [0.29, 0.717) is 5.92 Å². The van der Waals surface area contributed by atoms with E-state index in [4.69, 9.17) is 4.74 Å². The van der Waals surface area contributed by atoms with Gasteiger partial charge in [-0.25, -0.2) is 0 Å². The smallest absolute Gasteiger partial charge is 0.0649 e. The van der Waals surface area contributed by atoms with E-state index in [2.05, 4.69) is 27.7 Å². The maximum atomic E-state index is 9.50. The molecule has 86 valence electrons. The zero-order chi connectivity index (χ0) is 11.4. The van der Waals surface area contributed by atoms with E-state index in [-0.39, 0.29) is 5.60 Å². The first-order valence-electron chi connectivity index (χ1n) is 5.51. The zero-order valence-electron chi connectivity index (χ0n) is 10.6. The second kappa shape index (κ2) is 5.13.